The number of hydrogen-bond acceptors (Lipinski definition) is 4. The van der Waals surface area contributed by atoms with Crippen molar-refractivity contribution >= 4 is 11.8 Å². The fraction of sp³-hybridized carbons (Fsp3) is 0.429. The Kier molecular flexibility index (Phi) is 5.52. The maximum atomic E-state index is 11.8. The van der Waals surface area contributed by atoms with Gasteiger partial charge in [-0.3, -0.25) is 9.59 Å². The average molecular weight is 279 g/mol. The van der Waals surface area contributed by atoms with Crippen LogP contribution in [0.3, 0.4) is 0 Å². The third-order valence-electron chi connectivity index (χ3n) is 2.63. The Bertz CT molecular complexity index is 464. The van der Waals surface area contributed by atoms with Gasteiger partial charge in [0.05, 0.1) is 12.6 Å². The van der Waals surface area contributed by atoms with Gasteiger partial charge in [-0.2, -0.15) is 0 Å². The molecule has 6 nitrogen and oxygen atoms in total. The maximum absolute atomic E-state index is 11.8. The van der Waals surface area contributed by atoms with Gasteiger partial charge in [-0.1, -0.05) is 0 Å². The molecule has 0 aliphatic heterocycles. The number of methoxy groups -OCH3 is 1. The summed E-state index contributed by atoms with van der Waals surface area (Å²) in [7, 11) is 1.57. The van der Waals surface area contributed by atoms with Gasteiger partial charge >= 0.3 is 0 Å². The molecule has 0 atom stereocenters. The minimum atomic E-state index is -0.917. The molecule has 1 aromatic rings. The van der Waals surface area contributed by atoms with E-state index in [1.165, 1.54) is 0 Å². The van der Waals surface area contributed by atoms with Gasteiger partial charge in [-0.05, 0) is 38.1 Å². The minimum Gasteiger partial charge on any atom is -0.497 e. The van der Waals surface area contributed by atoms with Crippen molar-refractivity contribution in [3.05, 3.63) is 29.8 Å². The number of carbonyl (C=O) groups excluding carboxylic acids is 2. The molecule has 6 heteroatoms. The lowest BCUT2D eigenvalue weighted by Crippen LogP contribution is -2.50. The number of ether oxygens (including phenoxy) is 1. The second-order valence-corrected chi connectivity index (χ2v) is 4.96. The Hall–Kier alpha value is -2.08. The van der Waals surface area contributed by atoms with Gasteiger partial charge < -0.3 is 21.1 Å². The first-order chi connectivity index (χ1) is 9.34. The van der Waals surface area contributed by atoms with Crippen LogP contribution in [0.5, 0.6) is 5.75 Å². The smallest absolute Gasteiger partial charge is 0.251 e. The lowest BCUT2D eigenvalue weighted by molar-refractivity contribution is -0.125. The molecule has 0 radical (unpaired) electrons. The van der Waals surface area contributed by atoms with Crippen molar-refractivity contribution in [2.45, 2.75) is 19.4 Å². The Morgan fingerprint density at radius 2 is 1.70 bits per heavy atom. The quantitative estimate of drug-likeness (QED) is 0.652. The van der Waals surface area contributed by atoms with Crippen molar-refractivity contribution in [1.29, 1.82) is 0 Å². The topological polar surface area (TPSA) is 93.5 Å². The maximum Gasteiger partial charge on any atom is 0.251 e. The molecule has 4 N–H and O–H groups in total. The average Bonchev–Trinajstić information content (AvgIpc) is 2.42. The van der Waals surface area contributed by atoms with Crippen LogP contribution < -0.4 is 21.1 Å². The van der Waals surface area contributed by atoms with Gasteiger partial charge in [0.15, 0.2) is 0 Å². The van der Waals surface area contributed by atoms with Gasteiger partial charge in [-0.25, -0.2) is 0 Å². The molecule has 0 aliphatic rings. The van der Waals surface area contributed by atoms with Gasteiger partial charge in [-0.15, -0.1) is 0 Å². The molecule has 110 valence electrons. The SMILES string of the molecule is COc1ccc(C(=O)NCCNC(=O)C(C)(C)N)cc1. The molecule has 0 spiro atoms. The van der Waals surface area contributed by atoms with Gasteiger partial charge in [0.1, 0.15) is 5.75 Å². The Morgan fingerprint density at radius 1 is 1.15 bits per heavy atom. The number of benzene rings is 1. The van der Waals surface area contributed by atoms with Crippen LogP contribution in [-0.2, 0) is 4.79 Å². The van der Waals surface area contributed by atoms with Crippen LogP contribution in [0.2, 0.25) is 0 Å². The lowest BCUT2D eigenvalue weighted by atomic mass is 10.1. The second-order valence-electron chi connectivity index (χ2n) is 4.96. The zero-order valence-corrected chi connectivity index (χ0v) is 12.0. The van der Waals surface area contributed by atoms with Crippen LogP contribution in [-0.4, -0.2) is 37.6 Å². The zero-order chi connectivity index (χ0) is 15.2. The van der Waals surface area contributed by atoms with E-state index >= 15 is 0 Å². The molecule has 1 rings (SSSR count). The molecule has 0 saturated heterocycles. The number of rotatable bonds is 6. The number of carbonyl (C=O) groups is 2. The van der Waals surface area contributed by atoms with Crippen molar-refractivity contribution in [2.24, 2.45) is 5.73 Å². The largest absolute Gasteiger partial charge is 0.497 e. The summed E-state index contributed by atoms with van der Waals surface area (Å²) in [5.74, 6) is 0.240. The summed E-state index contributed by atoms with van der Waals surface area (Å²) in [6, 6.07) is 6.78. The summed E-state index contributed by atoms with van der Waals surface area (Å²) in [5.41, 5.74) is 5.25. The Balaban J connectivity index is 2.35. The van der Waals surface area contributed by atoms with Crippen LogP contribution >= 0.6 is 0 Å². The van der Waals surface area contributed by atoms with Crippen molar-refractivity contribution in [2.75, 3.05) is 20.2 Å². The molecule has 1 aromatic carbocycles. The third kappa shape index (κ3) is 4.89. The van der Waals surface area contributed by atoms with E-state index in [-0.39, 0.29) is 11.8 Å². The fourth-order valence-electron chi connectivity index (χ4n) is 1.42. The van der Waals surface area contributed by atoms with Gasteiger partial charge in [0, 0.05) is 18.7 Å². The molecule has 0 fully saturated rings. The van der Waals surface area contributed by atoms with E-state index in [0.29, 0.717) is 24.4 Å². The standard InChI is InChI=1S/C14H21N3O3/c1-14(2,15)13(19)17-9-8-16-12(18)10-4-6-11(20-3)7-5-10/h4-7H,8-9,15H2,1-3H3,(H,16,18)(H,17,19). The number of nitrogens with one attached hydrogen (secondary N) is 2. The summed E-state index contributed by atoms with van der Waals surface area (Å²) in [6.07, 6.45) is 0. The van der Waals surface area contributed by atoms with E-state index < -0.39 is 5.54 Å². The normalized spacial score (nSPS) is 10.8. The van der Waals surface area contributed by atoms with Crippen LogP contribution in [0.1, 0.15) is 24.2 Å². The van der Waals surface area contributed by atoms with E-state index in [4.69, 9.17) is 10.5 Å². The predicted octanol–water partition coefficient (Wildman–Crippen LogP) is 0.279. The molecule has 0 saturated carbocycles. The summed E-state index contributed by atoms with van der Waals surface area (Å²) in [4.78, 5) is 23.3. The molecule has 0 unspecified atom stereocenters. The van der Waals surface area contributed by atoms with E-state index in [9.17, 15) is 9.59 Å². The van der Waals surface area contributed by atoms with Crippen LogP contribution in [0.25, 0.3) is 0 Å². The summed E-state index contributed by atoms with van der Waals surface area (Å²) >= 11 is 0. The third-order valence-corrected chi connectivity index (χ3v) is 2.63. The van der Waals surface area contributed by atoms with Crippen molar-refractivity contribution in [3.8, 4) is 5.75 Å². The highest BCUT2D eigenvalue weighted by molar-refractivity contribution is 5.94. The zero-order valence-electron chi connectivity index (χ0n) is 12.0. The highest BCUT2D eigenvalue weighted by atomic mass is 16.5. The summed E-state index contributed by atoms with van der Waals surface area (Å²) in [5, 5.41) is 5.36. The summed E-state index contributed by atoms with van der Waals surface area (Å²) in [6.45, 7) is 3.92. The van der Waals surface area contributed by atoms with E-state index in [1.807, 2.05) is 0 Å². The monoisotopic (exact) mass is 279 g/mol. The molecule has 2 amide bonds. The molecule has 20 heavy (non-hydrogen) atoms. The second kappa shape index (κ2) is 6.91. The highest BCUT2D eigenvalue weighted by Crippen LogP contribution is 2.10. The molecular formula is C14H21N3O3. The molecule has 0 aliphatic carbocycles. The number of nitrogens with two attached hydrogens (primary N) is 1. The van der Waals surface area contributed by atoms with Crippen LogP contribution in [0.15, 0.2) is 24.3 Å². The molecule has 0 heterocycles. The first kappa shape index (κ1) is 16.0. The van der Waals surface area contributed by atoms with Crippen LogP contribution in [0.4, 0.5) is 0 Å². The highest BCUT2D eigenvalue weighted by Gasteiger charge is 2.20. The fourth-order valence-corrected chi connectivity index (χ4v) is 1.42. The first-order valence-electron chi connectivity index (χ1n) is 6.34. The lowest BCUT2D eigenvalue weighted by Gasteiger charge is -2.17. The van der Waals surface area contributed by atoms with Crippen molar-refractivity contribution in [3.63, 3.8) is 0 Å². The Morgan fingerprint density at radius 3 is 2.20 bits per heavy atom. The van der Waals surface area contributed by atoms with E-state index in [2.05, 4.69) is 10.6 Å². The summed E-state index contributed by atoms with van der Waals surface area (Å²) < 4.78 is 5.01. The number of amides is 2. The predicted molar refractivity (Wildman–Crippen MR) is 76.6 cm³/mol. The van der Waals surface area contributed by atoms with Gasteiger partial charge in [0.2, 0.25) is 5.91 Å². The van der Waals surface area contributed by atoms with Crippen molar-refractivity contribution < 1.29 is 14.3 Å². The minimum absolute atomic E-state index is 0.200. The first-order valence-corrected chi connectivity index (χ1v) is 6.34. The molecule has 0 bridgehead atoms. The Labute approximate surface area is 118 Å². The molecule has 0 aromatic heterocycles. The van der Waals surface area contributed by atoms with Crippen molar-refractivity contribution in [1.82, 2.24) is 10.6 Å². The van der Waals surface area contributed by atoms with E-state index in [0.717, 1.165) is 0 Å². The number of hydrogen-bond donors (Lipinski definition) is 3. The van der Waals surface area contributed by atoms with E-state index in [1.54, 1.807) is 45.2 Å². The van der Waals surface area contributed by atoms with Crippen LogP contribution in [0, 0.1) is 0 Å². The molecular weight excluding hydrogens is 258 g/mol. The van der Waals surface area contributed by atoms with Gasteiger partial charge in [0.25, 0.3) is 5.91 Å².